The number of nitrogens with two attached hydrogens (primary N) is 1. The molecule has 0 bridgehead atoms. The number of phosphoric acid groups is 1. The van der Waals surface area contributed by atoms with Crippen LogP contribution in [0.4, 0.5) is 0 Å². The molecule has 0 saturated heterocycles. The van der Waals surface area contributed by atoms with E-state index in [1.54, 1.807) is 0 Å². The molecule has 304 valence electrons. The number of phosphoric ester groups is 1. The van der Waals surface area contributed by atoms with Crippen molar-refractivity contribution in [3.05, 3.63) is 72.9 Å². The third-order valence-corrected chi connectivity index (χ3v) is 9.05. The van der Waals surface area contributed by atoms with Crippen LogP contribution in [-0.4, -0.2) is 49.3 Å². The molecule has 0 aliphatic rings. The van der Waals surface area contributed by atoms with Crippen LogP contribution < -0.4 is 5.73 Å². The summed E-state index contributed by atoms with van der Waals surface area (Å²) in [4.78, 5) is 34.7. The van der Waals surface area contributed by atoms with Gasteiger partial charge in [0.25, 0.3) is 0 Å². The Kier molecular flexibility index (Phi) is 37.3. The molecule has 53 heavy (non-hydrogen) atoms. The van der Waals surface area contributed by atoms with Crippen molar-refractivity contribution in [2.45, 2.75) is 161 Å². The highest BCUT2D eigenvalue weighted by molar-refractivity contribution is 7.47. The van der Waals surface area contributed by atoms with Crippen molar-refractivity contribution < 1.29 is 37.6 Å². The predicted molar refractivity (Wildman–Crippen MR) is 219 cm³/mol. The number of esters is 2. The lowest BCUT2D eigenvalue weighted by molar-refractivity contribution is -0.161. The molecule has 3 N–H and O–H groups in total. The molecule has 0 amide bonds. The van der Waals surface area contributed by atoms with Gasteiger partial charge in [-0.2, -0.15) is 0 Å². The highest BCUT2D eigenvalue weighted by atomic mass is 31.2. The molecule has 1 unspecified atom stereocenters. The average Bonchev–Trinajstić information content (AvgIpc) is 3.14. The zero-order chi connectivity index (χ0) is 38.9. The fourth-order valence-electron chi connectivity index (χ4n) is 5.01. The van der Waals surface area contributed by atoms with Crippen molar-refractivity contribution in [3.63, 3.8) is 0 Å². The molecule has 0 aliphatic heterocycles. The van der Waals surface area contributed by atoms with Crippen molar-refractivity contribution >= 4 is 19.8 Å². The van der Waals surface area contributed by atoms with Crippen LogP contribution in [0.25, 0.3) is 0 Å². The Balaban J connectivity index is 4.36. The number of carbonyl (C=O) groups is 2. The first-order valence-electron chi connectivity index (χ1n) is 20.4. The lowest BCUT2D eigenvalue weighted by Crippen LogP contribution is -2.29. The number of rotatable bonds is 37. The van der Waals surface area contributed by atoms with Gasteiger partial charge in [0.1, 0.15) is 6.61 Å². The zero-order valence-corrected chi connectivity index (χ0v) is 34.1. The van der Waals surface area contributed by atoms with Crippen LogP contribution in [0.15, 0.2) is 72.9 Å². The highest BCUT2D eigenvalue weighted by Crippen LogP contribution is 2.43. The van der Waals surface area contributed by atoms with Crippen LogP contribution >= 0.6 is 7.82 Å². The van der Waals surface area contributed by atoms with Crippen LogP contribution in [0, 0.1) is 0 Å². The highest BCUT2D eigenvalue weighted by Gasteiger charge is 2.25. The lowest BCUT2D eigenvalue weighted by Gasteiger charge is -2.19. The molecule has 2 atom stereocenters. The molecular weight excluding hydrogens is 689 g/mol. The van der Waals surface area contributed by atoms with Gasteiger partial charge in [-0.3, -0.25) is 18.6 Å². The summed E-state index contributed by atoms with van der Waals surface area (Å²) in [6, 6.07) is 0. The largest absolute Gasteiger partial charge is 0.472 e. The van der Waals surface area contributed by atoms with E-state index in [1.807, 2.05) is 6.08 Å². The minimum Gasteiger partial charge on any atom is -0.462 e. The second kappa shape index (κ2) is 39.2. The normalized spacial score (nSPS) is 14.1. The summed E-state index contributed by atoms with van der Waals surface area (Å²) in [5, 5.41) is 0. The van der Waals surface area contributed by atoms with E-state index in [1.165, 1.54) is 57.8 Å². The minimum atomic E-state index is -4.40. The summed E-state index contributed by atoms with van der Waals surface area (Å²) in [5.41, 5.74) is 5.33. The molecule has 0 saturated carbocycles. The Morgan fingerprint density at radius 2 is 1.00 bits per heavy atom. The molecule has 0 aromatic rings. The van der Waals surface area contributed by atoms with E-state index < -0.39 is 32.5 Å². The van der Waals surface area contributed by atoms with Gasteiger partial charge in [-0.15, -0.1) is 0 Å². The van der Waals surface area contributed by atoms with Gasteiger partial charge in [-0.1, -0.05) is 132 Å². The number of unbranched alkanes of at least 4 members (excludes halogenated alkanes) is 12. The van der Waals surface area contributed by atoms with Crippen molar-refractivity contribution in [2.75, 3.05) is 26.4 Å². The fourth-order valence-corrected chi connectivity index (χ4v) is 5.77. The summed E-state index contributed by atoms with van der Waals surface area (Å²) in [6.07, 6.45) is 46.6. The number of allylic oxidation sites excluding steroid dienone is 12. The molecule has 0 aromatic carbocycles. The standard InChI is InChI=1S/C43H74NO8P/c1-3-5-7-9-11-13-15-17-19-20-22-23-25-27-29-31-33-35-42(45)49-39-41(40-51-53(47,48)50-38-37-44)52-43(46)36-34-32-30-28-26-24-21-18-16-14-12-10-8-6-4-2/h12,14,17-19,21-23,26-29,41H,3-11,13,15-16,20,24-25,30-40,44H2,1-2H3,(H,47,48)/t41-/m1/s1. The van der Waals surface area contributed by atoms with Crippen molar-refractivity contribution in [2.24, 2.45) is 5.73 Å². The third-order valence-electron chi connectivity index (χ3n) is 8.06. The van der Waals surface area contributed by atoms with Gasteiger partial charge < -0.3 is 20.1 Å². The molecule has 0 aliphatic carbocycles. The molecule has 10 heteroatoms. The van der Waals surface area contributed by atoms with Crippen molar-refractivity contribution in [1.82, 2.24) is 0 Å². The molecule has 0 fully saturated rings. The van der Waals surface area contributed by atoms with E-state index in [9.17, 15) is 19.0 Å². The summed E-state index contributed by atoms with van der Waals surface area (Å²) >= 11 is 0. The average molecular weight is 764 g/mol. The Bertz CT molecular complexity index is 1100. The molecule has 0 radical (unpaired) electrons. The second-order valence-corrected chi connectivity index (χ2v) is 14.6. The Hall–Kier alpha value is -2.55. The second-order valence-electron chi connectivity index (χ2n) is 13.1. The third kappa shape index (κ3) is 39.0. The monoisotopic (exact) mass is 764 g/mol. The Labute approximate surface area is 322 Å². The number of carbonyl (C=O) groups excluding carboxylic acids is 2. The first-order chi connectivity index (χ1) is 25.8. The quantitative estimate of drug-likeness (QED) is 0.0274. The van der Waals surface area contributed by atoms with Gasteiger partial charge in [0.05, 0.1) is 13.2 Å². The summed E-state index contributed by atoms with van der Waals surface area (Å²) in [6.45, 7) is 3.57. The Morgan fingerprint density at radius 1 is 0.566 bits per heavy atom. The van der Waals surface area contributed by atoms with Gasteiger partial charge in [-0.25, -0.2) is 4.57 Å². The maximum absolute atomic E-state index is 12.5. The van der Waals surface area contributed by atoms with Crippen LogP contribution in [0.3, 0.4) is 0 Å². The Morgan fingerprint density at radius 3 is 1.55 bits per heavy atom. The topological polar surface area (TPSA) is 134 Å². The molecule has 9 nitrogen and oxygen atoms in total. The minimum absolute atomic E-state index is 0.0373. The first-order valence-corrected chi connectivity index (χ1v) is 21.9. The van der Waals surface area contributed by atoms with E-state index in [2.05, 4.69) is 80.7 Å². The maximum atomic E-state index is 12.5. The zero-order valence-electron chi connectivity index (χ0n) is 33.2. The van der Waals surface area contributed by atoms with E-state index in [4.69, 9.17) is 24.3 Å². The van der Waals surface area contributed by atoms with Gasteiger partial charge in [0, 0.05) is 19.4 Å². The lowest BCUT2D eigenvalue weighted by atomic mass is 10.1. The van der Waals surface area contributed by atoms with Crippen LogP contribution in [0.2, 0.25) is 0 Å². The van der Waals surface area contributed by atoms with Crippen molar-refractivity contribution in [3.8, 4) is 0 Å². The molecule has 0 spiro atoms. The van der Waals surface area contributed by atoms with Gasteiger partial charge >= 0.3 is 19.8 Å². The summed E-state index contributed by atoms with van der Waals surface area (Å²) < 4.78 is 32.6. The summed E-state index contributed by atoms with van der Waals surface area (Å²) in [7, 11) is -4.40. The van der Waals surface area contributed by atoms with E-state index in [-0.39, 0.29) is 32.6 Å². The predicted octanol–water partition coefficient (Wildman–Crippen LogP) is 11.5. The first kappa shape index (κ1) is 50.5. The maximum Gasteiger partial charge on any atom is 0.472 e. The summed E-state index contributed by atoms with van der Waals surface area (Å²) in [5.74, 6) is -0.942. The molecule has 0 heterocycles. The van der Waals surface area contributed by atoms with Gasteiger partial charge in [-0.05, 0) is 83.5 Å². The number of hydrogen-bond acceptors (Lipinski definition) is 8. The fraction of sp³-hybridized carbons (Fsp3) is 0.674. The SMILES string of the molecule is CCCCCC=CCC=CCC=CCCCCC(=O)O[C@H](COC(=O)CCCC=CCC=CCC=CCCCCCCCC)COP(=O)(O)OCCN. The van der Waals surface area contributed by atoms with Gasteiger partial charge in [0.2, 0.25) is 0 Å². The van der Waals surface area contributed by atoms with Crippen LogP contribution in [-0.2, 0) is 32.7 Å². The van der Waals surface area contributed by atoms with Gasteiger partial charge in [0.15, 0.2) is 6.10 Å². The number of ether oxygens (including phenoxy) is 2. The number of hydrogen-bond donors (Lipinski definition) is 2. The molecule has 0 rings (SSSR count). The molecule has 0 aromatic heterocycles. The molecular formula is C43H74NO8P. The smallest absolute Gasteiger partial charge is 0.462 e. The van der Waals surface area contributed by atoms with E-state index in [0.717, 1.165) is 57.8 Å². The van der Waals surface area contributed by atoms with Crippen LogP contribution in [0.5, 0.6) is 0 Å². The van der Waals surface area contributed by atoms with Crippen molar-refractivity contribution in [1.29, 1.82) is 0 Å². The van der Waals surface area contributed by atoms with E-state index >= 15 is 0 Å². The van der Waals surface area contributed by atoms with Crippen LogP contribution in [0.1, 0.15) is 155 Å². The van der Waals surface area contributed by atoms with E-state index in [0.29, 0.717) is 12.8 Å².